The molecule has 0 radical (unpaired) electrons. The summed E-state index contributed by atoms with van der Waals surface area (Å²) in [4.78, 5) is 12.1. The van der Waals surface area contributed by atoms with Crippen LogP contribution in [0.3, 0.4) is 0 Å². The fraction of sp³-hybridized carbons (Fsp3) is 0.562. The van der Waals surface area contributed by atoms with E-state index in [1.54, 1.807) is 0 Å². The van der Waals surface area contributed by atoms with Crippen molar-refractivity contribution < 1.29 is 9.90 Å². The van der Waals surface area contributed by atoms with Gasteiger partial charge in [0.25, 0.3) is 0 Å². The smallest absolute Gasteiger partial charge is 0.165 e. The molecule has 1 N–H and O–H groups in total. The van der Waals surface area contributed by atoms with Crippen molar-refractivity contribution in [2.75, 3.05) is 0 Å². The highest BCUT2D eigenvalue weighted by Crippen LogP contribution is 2.35. The summed E-state index contributed by atoms with van der Waals surface area (Å²) in [5.74, 6) is 0.887. The number of hydrogen-bond donors (Lipinski definition) is 1. The van der Waals surface area contributed by atoms with Crippen LogP contribution in [0, 0.1) is 5.92 Å². The maximum Gasteiger partial charge on any atom is 0.165 e. The zero-order valence-electron chi connectivity index (χ0n) is 12.2. The minimum Gasteiger partial charge on any atom is -0.507 e. The molecule has 0 heterocycles. The minimum absolute atomic E-state index is 0.0189. The van der Waals surface area contributed by atoms with E-state index >= 15 is 0 Å². The van der Waals surface area contributed by atoms with Gasteiger partial charge in [-0.1, -0.05) is 41.5 Å². The van der Waals surface area contributed by atoms with E-state index in [0.717, 1.165) is 16.7 Å². The molecule has 0 unspecified atom stereocenters. The number of ketones is 1. The van der Waals surface area contributed by atoms with Gasteiger partial charge >= 0.3 is 0 Å². The van der Waals surface area contributed by atoms with Crippen LogP contribution in [0.4, 0.5) is 0 Å². The van der Waals surface area contributed by atoms with Crippen molar-refractivity contribution in [3.8, 4) is 5.75 Å². The Kier molecular flexibility index (Phi) is 4.55. The first-order valence-corrected chi connectivity index (χ1v) is 6.66. The fourth-order valence-corrected chi connectivity index (χ4v) is 2.04. The molecule has 18 heavy (non-hydrogen) atoms. The topological polar surface area (TPSA) is 37.3 Å². The Balaban J connectivity index is 3.43. The lowest BCUT2D eigenvalue weighted by Gasteiger charge is -2.17. The normalized spacial score (nSPS) is 11.6. The number of phenols is 1. The quantitative estimate of drug-likeness (QED) is 0.798. The summed E-state index contributed by atoms with van der Waals surface area (Å²) in [5, 5.41) is 10.3. The first-order valence-electron chi connectivity index (χ1n) is 6.66. The fourth-order valence-electron chi connectivity index (χ4n) is 2.04. The largest absolute Gasteiger partial charge is 0.507 e. The lowest BCUT2D eigenvalue weighted by molar-refractivity contribution is 0.0939. The van der Waals surface area contributed by atoms with Crippen molar-refractivity contribution in [3.63, 3.8) is 0 Å². The van der Waals surface area contributed by atoms with Gasteiger partial charge in [-0.15, -0.1) is 0 Å². The lowest BCUT2D eigenvalue weighted by atomic mass is 9.88. The molecule has 0 amide bonds. The molecule has 2 heteroatoms. The molecule has 0 saturated heterocycles. The predicted octanol–water partition coefficient (Wildman–Crippen LogP) is 4.48. The number of carbonyl (C=O) groups is 1. The number of rotatable bonds is 4. The molecule has 0 bridgehead atoms. The van der Waals surface area contributed by atoms with Crippen molar-refractivity contribution in [3.05, 3.63) is 28.8 Å². The first kappa shape index (κ1) is 14.7. The summed E-state index contributed by atoms with van der Waals surface area (Å²) < 4.78 is 0. The van der Waals surface area contributed by atoms with E-state index in [0.29, 0.717) is 5.75 Å². The Hall–Kier alpha value is -1.31. The summed E-state index contributed by atoms with van der Waals surface area (Å²) in [6.45, 7) is 11.9. The number of carbonyl (C=O) groups excluding carboxylic acids is 1. The second kappa shape index (κ2) is 5.55. The highest BCUT2D eigenvalue weighted by molar-refractivity contribution is 5.98. The first-order chi connectivity index (χ1) is 8.25. The number of phenolic OH excluding ortho intramolecular Hbond substituents is 1. The van der Waals surface area contributed by atoms with E-state index in [1.165, 1.54) is 0 Å². The molecule has 100 valence electrons. The van der Waals surface area contributed by atoms with E-state index in [9.17, 15) is 9.90 Å². The molecule has 1 aromatic rings. The van der Waals surface area contributed by atoms with Gasteiger partial charge in [0.15, 0.2) is 5.78 Å². The zero-order valence-corrected chi connectivity index (χ0v) is 12.2. The van der Waals surface area contributed by atoms with E-state index in [2.05, 4.69) is 0 Å². The van der Waals surface area contributed by atoms with E-state index < -0.39 is 0 Å². The standard InChI is InChI=1S/C16H24O2/c1-9(2)13-7-12(15(17)11(5)6)8-14(10(3)4)16(13)18/h7-11,18H,1-6H3. The number of hydrogen-bond acceptors (Lipinski definition) is 2. The van der Waals surface area contributed by atoms with Crippen molar-refractivity contribution in [1.82, 2.24) is 0 Å². The third-order valence-corrected chi connectivity index (χ3v) is 3.22. The van der Waals surface area contributed by atoms with Crippen LogP contribution in [0.25, 0.3) is 0 Å². The Morgan fingerprint density at radius 1 is 0.944 bits per heavy atom. The summed E-state index contributed by atoms with van der Waals surface area (Å²) in [6.07, 6.45) is 0. The number of Topliss-reactive ketones (excluding diaryl/α,β-unsaturated/α-hetero) is 1. The Labute approximate surface area is 110 Å². The maximum absolute atomic E-state index is 12.1. The zero-order chi connectivity index (χ0) is 14.0. The summed E-state index contributed by atoms with van der Waals surface area (Å²) in [7, 11) is 0. The van der Waals surface area contributed by atoms with Crippen LogP contribution in [0.15, 0.2) is 12.1 Å². The Bertz CT molecular complexity index is 413. The van der Waals surface area contributed by atoms with Gasteiger partial charge in [0, 0.05) is 11.5 Å². The van der Waals surface area contributed by atoms with Gasteiger partial charge in [0.05, 0.1) is 0 Å². The molecular weight excluding hydrogens is 224 g/mol. The molecule has 1 aromatic carbocycles. The van der Waals surface area contributed by atoms with E-state index in [1.807, 2.05) is 53.7 Å². The monoisotopic (exact) mass is 248 g/mol. The van der Waals surface area contributed by atoms with Gasteiger partial charge in [0.1, 0.15) is 5.75 Å². The SMILES string of the molecule is CC(C)C(=O)c1cc(C(C)C)c(O)c(C(C)C)c1. The van der Waals surface area contributed by atoms with Crippen LogP contribution in [0.1, 0.15) is 74.9 Å². The summed E-state index contributed by atoms with van der Waals surface area (Å²) in [5.41, 5.74) is 2.45. The van der Waals surface area contributed by atoms with Gasteiger partial charge < -0.3 is 5.11 Å². The van der Waals surface area contributed by atoms with Crippen molar-refractivity contribution in [2.24, 2.45) is 5.92 Å². The Morgan fingerprint density at radius 3 is 1.61 bits per heavy atom. The molecular formula is C16H24O2. The van der Waals surface area contributed by atoms with Gasteiger partial charge in [-0.3, -0.25) is 4.79 Å². The van der Waals surface area contributed by atoms with Crippen molar-refractivity contribution >= 4 is 5.78 Å². The Morgan fingerprint density at radius 2 is 1.33 bits per heavy atom. The van der Waals surface area contributed by atoms with E-state index in [4.69, 9.17) is 0 Å². The molecule has 0 aliphatic carbocycles. The van der Waals surface area contributed by atoms with Gasteiger partial charge in [-0.05, 0) is 35.1 Å². The molecule has 1 rings (SSSR count). The van der Waals surface area contributed by atoms with Crippen LogP contribution < -0.4 is 0 Å². The molecule has 0 spiro atoms. The number of aromatic hydroxyl groups is 1. The van der Waals surface area contributed by atoms with Gasteiger partial charge in [0.2, 0.25) is 0 Å². The third-order valence-electron chi connectivity index (χ3n) is 3.22. The van der Waals surface area contributed by atoms with Crippen LogP contribution >= 0.6 is 0 Å². The molecule has 0 aliphatic heterocycles. The molecule has 0 aromatic heterocycles. The average molecular weight is 248 g/mol. The predicted molar refractivity (Wildman–Crippen MR) is 75.5 cm³/mol. The molecule has 0 fully saturated rings. The van der Waals surface area contributed by atoms with Crippen LogP contribution in [-0.2, 0) is 0 Å². The van der Waals surface area contributed by atoms with Crippen LogP contribution in [0.2, 0.25) is 0 Å². The van der Waals surface area contributed by atoms with Crippen LogP contribution in [0.5, 0.6) is 5.75 Å². The highest BCUT2D eigenvalue weighted by atomic mass is 16.3. The molecule has 0 saturated carbocycles. The average Bonchev–Trinajstić information content (AvgIpc) is 2.27. The van der Waals surface area contributed by atoms with Crippen molar-refractivity contribution in [2.45, 2.75) is 53.4 Å². The third kappa shape index (κ3) is 2.92. The van der Waals surface area contributed by atoms with Gasteiger partial charge in [-0.25, -0.2) is 0 Å². The second-order valence-corrected chi connectivity index (χ2v) is 5.83. The maximum atomic E-state index is 12.1. The number of benzene rings is 1. The van der Waals surface area contributed by atoms with Crippen LogP contribution in [-0.4, -0.2) is 10.9 Å². The van der Waals surface area contributed by atoms with Gasteiger partial charge in [-0.2, -0.15) is 0 Å². The van der Waals surface area contributed by atoms with Crippen molar-refractivity contribution in [1.29, 1.82) is 0 Å². The highest BCUT2D eigenvalue weighted by Gasteiger charge is 2.19. The molecule has 0 aliphatic rings. The second-order valence-electron chi connectivity index (χ2n) is 5.83. The van der Waals surface area contributed by atoms with E-state index in [-0.39, 0.29) is 23.5 Å². The lowest BCUT2D eigenvalue weighted by Crippen LogP contribution is -2.09. The minimum atomic E-state index is -0.0189. The molecule has 0 atom stereocenters. The summed E-state index contributed by atoms with van der Waals surface area (Å²) >= 11 is 0. The molecule has 2 nitrogen and oxygen atoms in total. The summed E-state index contributed by atoms with van der Waals surface area (Å²) in [6, 6.07) is 3.68.